The third-order valence-electron chi connectivity index (χ3n) is 4.73. The quantitative estimate of drug-likeness (QED) is 0.703. The van der Waals surface area contributed by atoms with Crippen LogP contribution in [0.1, 0.15) is 30.3 Å². The maximum Gasteiger partial charge on any atom is 0.319 e. The number of likely N-dealkylation sites (N-methyl/N-ethyl adjacent to an activating group) is 1. The first-order chi connectivity index (χ1) is 12.9. The number of nitrogens with one attached hydrogen (secondary N) is 3. The number of benzene rings is 1. The summed E-state index contributed by atoms with van der Waals surface area (Å²) in [6.45, 7) is 6.24. The van der Waals surface area contributed by atoms with Crippen LogP contribution in [0.5, 0.6) is 5.75 Å². The fraction of sp³-hybridized carbons (Fsp3) is 0.421. The molecule has 1 aliphatic rings. The highest BCUT2D eigenvalue weighted by molar-refractivity contribution is 6.00. The third-order valence-corrected chi connectivity index (χ3v) is 4.73. The number of anilines is 2. The maximum absolute atomic E-state index is 12.1. The molecule has 3 rings (SSSR count). The lowest BCUT2D eigenvalue weighted by Crippen LogP contribution is -2.42. The second-order valence-corrected chi connectivity index (χ2v) is 6.74. The van der Waals surface area contributed by atoms with Crippen LogP contribution in [0.2, 0.25) is 0 Å². The maximum atomic E-state index is 12.1. The van der Waals surface area contributed by atoms with Crippen LogP contribution in [0.25, 0.3) is 0 Å². The number of aromatic amines is 1. The number of H-pyrrole nitrogens is 1. The summed E-state index contributed by atoms with van der Waals surface area (Å²) >= 11 is 0. The monoisotopic (exact) mass is 371 g/mol. The van der Waals surface area contributed by atoms with E-state index in [4.69, 9.17) is 4.74 Å². The van der Waals surface area contributed by atoms with Crippen LogP contribution in [-0.4, -0.2) is 41.8 Å². The van der Waals surface area contributed by atoms with Crippen molar-refractivity contribution in [3.8, 4) is 5.75 Å². The zero-order chi connectivity index (χ0) is 19.6. The predicted octanol–water partition coefficient (Wildman–Crippen LogP) is 2.52. The molecule has 0 aliphatic carbocycles. The SMILES string of the molecule is Cc1n[nH]c(C)c1CCCNC(=O)Nc1ccc2c(c1)N(C)C(=O)C(C)O2. The molecule has 0 saturated carbocycles. The van der Waals surface area contributed by atoms with Crippen molar-refractivity contribution in [1.82, 2.24) is 15.5 Å². The largest absolute Gasteiger partial charge is 0.479 e. The lowest BCUT2D eigenvalue weighted by Gasteiger charge is -2.30. The van der Waals surface area contributed by atoms with Gasteiger partial charge in [0.2, 0.25) is 0 Å². The Balaban J connectivity index is 1.52. The minimum atomic E-state index is -0.507. The van der Waals surface area contributed by atoms with E-state index in [9.17, 15) is 9.59 Å². The van der Waals surface area contributed by atoms with E-state index in [1.807, 2.05) is 13.8 Å². The predicted molar refractivity (Wildman–Crippen MR) is 103 cm³/mol. The Hall–Kier alpha value is -3.03. The number of aromatic nitrogens is 2. The lowest BCUT2D eigenvalue weighted by molar-refractivity contribution is -0.125. The van der Waals surface area contributed by atoms with Gasteiger partial charge in [-0.2, -0.15) is 5.10 Å². The number of fused-ring (bicyclic) bond motifs is 1. The Morgan fingerprint density at radius 3 is 2.85 bits per heavy atom. The van der Waals surface area contributed by atoms with Gasteiger partial charge in [-0.25, -0.2) is 4.79 Å². The molecule has 1 unspecified atom stereocenters. The van der Waals surface area contributed by atoms with Crippen molar-refractivity contribution < 1.29 is 14.3 Å². The smallest absolute Gasteiger partial charge is 0.319 e. The second kappa shape index (κ2) is 7.69. The summed E-state index contributed by atoms with van der Waals surface area (Å²) < 4.78 is 5.58. The number of hydrogen-bond acceptors (Lipinski definition) is 4. The van der Waals surface area contributed by atoms with Gasteiger partial charge in [-0.05, 0) is 57.4 Å². The summed E-state index contributed by atoms with van der Waals surface area (Å²) in [5, 5.41) is 12.8. The van der Waals surface area contributed by atoms with Gasteiger partial charge in [-0.1, -0.05) is 0 Å². The lowest BCUT2D eigenvalue weighted by atomic mass is 10.1. The van der Waals surface area contributed by atoms with Crippen molar-refractivity contribution in [1.29, 1.82) is 0 Å². The third kappa shape index (κ3) is 4.05. The number of amides is 3. The molecule has 1 atom stereocenters. The Kier molecular flexibility index (Phi) is 5.34. The molecule has 0 spiro atoms. The van der Waals surface area contributed by atoms with Gasteiger partial charge in [0.1, 0.15) is 5.75 Å². The first-order valence-corrected chi connectivity index (χ1v) is 9.00. The molecule has 1 aromatic carbocycles. The van der Waals surface area contributed by atoms with E-state index >= 15 is 0 Å². The van der Waals surface area contributed by atoms with Crippen LogP contribution in [0.4, 0.5) is 16.2 Å². The fourth-order valence-electron chi connectivity index (χ4n) is 3.17. The molecule has 3 amide bonds. The van der Waals surface area contributed by atoms with Crippen LogP contribution in [0.15, 0.2) is 18.2 Å². The summed E-state index contributed by atoms with van der Waals surface area (Å²) in [6.07, 6.45) is 1.17. The summed E-state index contributed by atoms with van der Waals surface area (Å²) in [5.74, 6) is 0.510. The Labute approximate surface area is 158 Å². The van der Waals surface area contributed by atoms with E-state index in [-0.39, 0.29) is 11.9 Å². The van der Waals surface area contributed by atoms with Crippen LogP contribution in [0, 0.1) is 13.8 Å². The molecule has 3 N–H and O–H groups in total. The molecular weight excluding hydrogens is 346 g/mol. The summed E-state index contributed by atoms with van der Waals surface area (Å²) in [7, 11) is 1.70. The summed E-state index contributed by atoms with van der Waals surface area (Å²) in [4.78, 5) is 25.7. The summed E-state index contributed by atoms with van der Waals surface area (Å²) in [5.41, 5.74) is 4.52. The highest BCUT2D eigenvalue weighted by Crippen LogP contribution is 2.35. The number of urea groups is 1. The second-order valence-electron chi connectivity index (χ2n) is 6.74. The minimum absolute atomic E-state index is 0.117. The van der Waals surface area contributed by atoms with E-state index in [0.29, 0.717) is 23.7 Å². The highest BCUT2D eigenvalue weighted by atomic mass is 16.5. The molecule has 8 heteroatoms. The zero-order valence-corrected chi connectivity index (χ0v) is 16.0. The van der Waals surface area contributed by atoms with E-state index < -0.39 is 6.10 Å². The normalized spacial score (nSPS) is 15.9. The van der Waals surface area contributed by atoms with Crippen LogP contribution >= 0.6 is 0 Å². The molecule has 0 bridgehead atoms. The fourth-order valence-corrected chi connectivity index (χ4v) is 3.17. The number of carbonyl (C=O) groups excluding carboxylic acids is 2. The van der Waals surface area contributed by atoms with Gasteiger partial charge in [0.25, 0.3) is 5.91 Å². The Morgan fingerprint density at radius 2 is 2.15 bits per heavy atom. The van der Waals surface area contributed by atoms with E-state index in [1.165, 1.54) is 5.56 Å². The molecule has 27 heavy (non-hydrogen) atoms. The molecule has 1 aromatic heterocycles. The standard InChI is InChI=1S/C19H25N5O3/c1-11-15(12(2)23-22-11)6-5-9-20-19(26)21-14-7-8-17-16(10-14)24(4)18(25)13(3)27-17/h7-8,10,13H,5-6,9H2,1-4H3,(H,22,23)(H2,20,21,26). The van der Waals surface area contributed by atoms with Gasteiger partial charge in [-0.3, -0.25) is 9.89 Å². The molecule has 144 valence electrons. The van der Waals surface area contributed by atoms with E-state index in [1.54, 1.807) is 37.1 Å². The van der Waals surface area contributed by atoms with Crippen molar-refractivity contribution in [3.63, 3.8) is 0 Å². The molecular formula is C19H25N5O3. The minimum Gasteiger partial charge on any atom is -0.479 e. The van der Waals surface area contributed by atoms with Crippen LogP contribution in [-0.2, 0) is 11.2 Å². The number of aryl methyl sites for hydroxylation is 2. The molecule has 8 nitrogen and oxygen atoms in total. The summed E-state index contributed by atoms with van der Waals surface area (Å²) in [6, 6.07) is 4.97. The number of ether oxygens (including phenoxy) is 1. The first kappa shape index (κ1) is 18.8. The van der Waals surface area contributed by atoms with Crippen molar-refractivity contribution in [2.75, 3.05) is 23.8 Å². The van der Waals surface area contributed by atoms with Crippen molar-refractivity contribution in [2.24, 2.45) is 0 Å². The van der Waals surface area contributed by atoms with E-state index in [2.05, 4.69) is 20.8 Å². The van der Waals surface area contributed by atoms with Gasteiger partial charge in [0.15, 0.2) is 6.10 Å². The van der Waals surface area contributed by atoms with Crippen LogP contribution < -0.4 is 20.3 Å². The molecule has 0 saturated heterocycles. The van der Waals surface area contributed by atoms with E-state index in [0.717, 1.165) is 24.2 Å². The number of hydrogen-bond donors (Lipinski definition) is 3. The van der Waals surface area contributed by atoms with Gasteiger partial charge < -0.3 is 20.3 Å². The number of carbonyl (C=O) groups is 2. The van der Waals surface area contributed by atoms with Gasteiger partial charge >= 0.3 is 6.03 Å². The number of rotatable bonds is 5. The molecule has 0 fully saturated rings. The average Bonchev–Trinajstić information content (AvgIpc) is 2.95. The van der Waals surface area contributed by atoms with Gasteiger partial charge in [0, 0.05) is 25.0 Å². The molecule has 0 radical (unpaired) electrons. The van der Waals surface area contributed by atoms with Crippen molar-refractivity contribution >= 4 is 23.3 Å². The van der Waals surface area contributed by atoms with Gasteiger partial charge in [-0.15, -0.1) is 0 Å². The molecule has 2 aromatic rings. The van der Waals surface area contributed by atoms with Crippen LogP contribution in [0.3, 0.4) is 0 Å². The molecule has 1 aliphatic heterocycles. The Morgan fingerprint density at radius 1 is 1.37 bits per heavy atom. The highest BCUT2D eigenvalue weighted by Gasteiger charge is 2.29. The zero-order valence-electron chi connectivity index (χ0n) is 16.0. The van der Waals surface area contributed by atoms with Crippen molar-refractivity contribution in [2.45, 2.75) is 39.7 Å². The number of nitrogens with zero attached hydrogens (tertiary/aromatic N) is 2. The topological polar surface area (TPSA) is 99.4 Å². The first-order valence-electron chi connectivity index (χ1n) is 9.00. The average molecular weight is 371 g/mol. The van der Waals surface area contributed by atoms with Crippen molar-refractivity contribution in [3.05, 3.63) is 35.2 Å². The Bertz CT molecular complexity index is 842. The van der Waals surface area contributed by atoms with Gasteiger partial charge in [0.05, 0.1) is 11.4 Å². The molecule has 2 heterocycles.